The van der Waals surface area contributed by atoms with E-state index in [2.05, 4.69) is 0 Å². The molecule has 7 heteroatoms. The van der Waals surface area contributed by atoms with E-state index in [0.29, 0.717) is 32.7 Å². The summed E-state index contributed by atoms with van der Waals surface area (Å²) >= 11 is 0. The van der Waals surface area contributed by atoms with Crippen molar-refractivity contribution in [2.75, 3.05) is 39.3 Å². The topological polar surface area (TPSA) is 56.4 Å². The van der Waals surface area contributed by atoms with Gasteiger partial charge in [0.15, 0.2) is 0 Å². The Kier molecular flexibility index (Phi) is 3.92. The fraction of sp³-hybridized carbons (Fsp3) is 0.875. The van der Waals surface area contributed by atoms with Crippen molar-refractivity contribution in [1.82, 2.24) is 9.80 Å². The predicted octanol–water partition coefficient (Wildman–Crippen LogP) is 0.102. The van der Waals surface area contributed by atoms with Crippen molar-refractivity contribution in [2.45, 2.75) is 6.18 Å². The molecule has 88 valence electrons. The quantitative estimate of drug-likeness (QED) is 0.528. The van der Waals surface area contributed by atoms with Gasteiger partial charge in [0.25, 0.3) is 0 Å². The SMILES string of the molecule is N=C(N)CN1CCN(CC(F)(F)F)CC1. The van der Waals surface area contributed by atoms with Gasteiger partial charge in [-0.3, -0.25) is 15.2 Å². The Labute approximate surface area is 86.3 Å². The summed E-state index contributed by atoms with van der Waals surface area (Å²) in [4.78, 5) is 3.26. The molecule has 1 rings (SSSR count). The maximum Gasteiger partial charge on any atom is 0.401 e. The third-order valence-electron chi connectivity index (χ3n) is 2.26. The minimum absolute atomic E-state index is 0.0549. The molecule has 1 aliphatic heterocycles. The van der Waals surface area contributed by atoms with Crippen LogP contribution in [0.5, 0.6) is 0 Å². The summed E-state index contributed by atoms with van der Waals surface area (Å²) < 4.78 is 36.1. The lowest BCUT2D eigenvalue weighted by molar-refractivity contribution is -0.149. The third-order valence-corrected chi connectivity index (χ3v) is 2.26. The van der Waals surface area contributed by atoms with Crippen molar-refractivity contribution in [3.63, 3.8) is 0 Å². The maximum atomic E-state index is 12.0. The van der Waals surface area contributed by atoms with Crippen LogP contribution in [-0.2, 0) is 0 Å². The lowest BCUT2D eigenvalue weighted by atomic mass is 10.3. The van der Waals surface area contributed by atoms with E-state index in [1.807, 2.05) is 4.90 Å². The fourth-order valence-corrected chi connectivity index (χ4v) is 1.60. The zero-order chi connectivity index (χ0) is 11.5. The molecule has 0 atom stereocenters. The lowest BCUT2D eigenvalue weighted by Gasteiger charge is -2.34. The van der Waals surface area contributed by atoms with Crippen molar-refractivity contribution in [3.05, 3.63) is 0 Å². The van der Waals surface area contributed by atoms with Crippen LogP contribution in [0.2, 0.25) is 0 Å². The average molecular weight is 224 g/mol. The number of nitrogens with one attached hydrogen (secondary N) is 1. The van der Waals surface area contributed by atoms with Gasteiger partial charge in [-0.15, -0.1) is 0 Å². The van der Waals surface area contributed by atoms with Crippen molar-refractivity contribution in [3.8, 4) is 0 Å². The molecule has 0 aromatic rings. The fourth-order valence-electron chi connectivity index (χ4n) is 1.60. The number of hydrogen-bond acceptors (Lipinski definition) is 3. The standard InChI is InChI=1S/C8H15F3N4/c9-8(10,11)6-15-3-1-14(2-4-15)5-7(12)13/h1-6H2,(H3,12,13). The molecule has 1 fully saturated rings. The third kappa shape index (κ3) is 4.98. The van der Waals surface area contributed by atoms with E-state index in [0.717, 1.165) is 0 Å². The van der Waals surface area contributed by atoms with Gasteiger partial charge in [-0.2, -0.15) is 13.2 Å². The van der Waals surface area contributed by atoms with Gasteiger partial charge < -0.3 is 5.73 Å². The van der Waals surface area contributed by atoms with E-state index in [4.69, 9.17) is 11.1 Å². The molecule has 0 bridgehead atoms. The number of alkyl halides is 3. The lowest BCUT2D eigenvalue weighted by Crippen LogP contribution is -2.50. The van der Waals surface area contributed by atoms with Crippen LogP contribution in [0, 0.1) is 5.41 Å². The summed E-state index contributed by atoms with van der Waals surface area (Å²) in [6, 6.07) is 0. The largest absolute Gasteiger partial charge is 0.401 e. The Balaban J connectivity index is 2.27. The Morgan fingerprint density at radius 2 is 1.60 bits per heavy atom. The maximum absolute atomic E-state index is 12.0. The van der Waals surface area contributed by atoms with Crippen LogP contribution >= 0.6 is 0 Å². The second-order valence-corrected chi connectivity index (χ2v) is 3.69. The number of rotatable bonds is 3. The number of halogens is 3. The molecule has 15 heavy (non-hydrogen) atoms. The Morgan fingerprint density at radius 1 is 1.13 bits per heavy atom. The van der Waals surface area contributed by atoms with Crippen molar-refractivity contribution in [2.24, 2.45) is 5.73 Å². The minimum atomic E-state index is -4.12. The molecule has 3 N–H and O–H groups in total. The van der Waals surface area contributed by atoms with Gasteiger partial charge in [0.1, 0.15) is 5.84 Å². The predicted molar refractivity (Wildman–Crippen MR) is 50.8 cm³/mol. The molecule has 0 saturated carbocycles. The van der Waals surface area contributed by atoms with Gasteiger partial charge in [-0.05, 0) is 0 Å². The highest BCUT2D eigenvalue weighted by atomic mass is 19.4. The number of hydrogen-bond donors (Lipinski definition) is 2. The van der Waals surface area contributed by atoms with Crippen molar-refractivity contribution >= 4 is 5.84 Å². The van der Waals surface area contributed by atoms with Crippen LogP contribution in [-0.4, -0.2) is 61.1 Å². The molecule has 0 aromatic heterocycles. The monoisotopic (exact) mass is 224 g/mol. The van der Waals surface area contributed by atoms with E-state index < -0.39 is 12.7 Å². The van der Waals surface area contributed by atoms with Crippen LogP contribution in [0.1, 0.15) is 0 Å². The van der Waals surface area contributed by atoms with Crippen molar-refractivity contribution < 1.29 is 13.2 Å². The van der Waals surface area contributed by atoms with Crippen LogP contribution < -0.4 is 5.73 Å². The van der Waals surface area contributed by atoms with Crippen molar-refractivity contribution in [1.29, 1.82) is 5.41 Å². The number of amidine groups is 1. The summed E-state index contributed by atoms with van der Waals surface area (Å²) in [5, 5.41) is 7.07. The van der Waals surface area contributed by atoms with Crippen LogP contribution in [0.4, 0.5) is 13.2 Å². The molecule has 0 unspecified atom stereocenters. The first kappa shape index (κ1) is 12.3. The second kappa shape index (κ2) is 4.80. The summed E-state index contributed by atoms with van der Waals surface area (Å²) in [6.07, 6.45) is -4.12. The first-order valence-electron chi connectivity index (χ1n) is 4.71. The Morgan fingerprint density at radius 3 is 2.00 bits per heavy atom. The Hall–Kier alpha value is -0.820. The normalized spacial score (nSPS) is 20.5. The van der Waals surface area contributed by atoms with Gasteiger partial charge in [0.05, 0.1) is 13.1 Å². The zero-order valence-corrected chi connectivity index (χ0v) is 8.35. The molecule has 1 heterocycles. The van der Waals surface area contributed by atoms with Gasteiger partial charge in [0.2, 0.25) is 0 Å². The van der Waals surface area contributed by atoms with Crippen LogP contribution in [0.25, 0.3) is 0 Å². The molecule has 0 radical (unpaired) electrons. The van der Waals surface area contributed by atoms with E-state index >= 15 is 0 Å². The van der Waals surface area contributed by atoms with Gasteiger partial charge in [0, 0.05) is 26.2 Å². The molecule has 0 amide bonds. The molecule has 1 saturated heterocycles. The van der Waals surface area contributed by atoms with E-state index in [-0.39, 0.29) is 5.84 Å². The van der Waals surface area contributed by atoms with Gasteiger partial charge in [-0.1, -0.05) is 0 Å². The molecule has 0 aromatic carbocycles. The van der Waals surface area contributed by atoms with E-state index in [9.17, 15) is 13.2 Å². The molecule has 0 spiro atoms. The Bertz CT molecular complexity index is 220. The number of piperazine rings is 1. The molecule has 0 aliphatic carbocycles. The number of nitrogens with two attached hydrogens (primary N) is 1. The van der Waals surface area contributed by atoms with Gasteiger partial charge >= 0.3 is 6.18 Å². The molecule has 4 nitrogen and oxygen atoms in total. The minimum Gasteiger partial charge on any atom is -0.387 e. The van der Waals surface area contributed by atoms with E-state index in [1.165, 1.54) is 4.90 Å². The summed E-state index contributed by atoms with van der Waals surface area (Å²) in [7, 11) is 0. The smallest absolute Gasteiger partial charge is 0.387 e. The van der Waals surface area contributed by atoms with Gasteiger partial charge in [-0.25, -0.2) is 0 Å². The van der Waals surface area contributed by atoms with Crippen LogP contribution in [0.3, 0.4) is 0 Å². The molecular weight excluding hydrogens is 209 g/mol. The highest BCUT2D eigenvalue weighted by Gasteiger charge is 2.32. The summed E-state index contributed by atoms with van der Waals surface area (Å²) in [5.41, 5.74) is 5.21. The highest BCUT2D eigenvalue weighted by molar-refractivity contribution is 5.78. The molecular formula is C8H15F3N4. The number of nitrogens with zero attached hydrogens (tertiary/aromatic N) is 2. The molecule has 1 aliphatic rings. The van der Waals surface area contributed by atoms with Crippen LogP contribution in [0.15, 0.2) is 0 Å². The first-order valence-corrected chi connectivity index (χ1v) is 4.71. The first-order chi connectivity index (χ1) is 6.87. The average Bonchev–Trinajstić information content (AvgIpc) is 2.05. The summed E-state index contributed by atoms with van der Waals surface area (Å²) in [5.74, 6) is 0.0549. The zero-order valence-electron chi connectivity index (χ0n) is 8.35. The highest BCUT2D eigenvalue weighted by Crippen LogP contribution is 2.17. The second-order valence-electron chi connectivity index (χ2n) is 3.69. The summed E-state index contributed by atoms with van der Waals surface area (Å²) in [6.45, 7) is 1.34. The van der Waals surface area contributed by atoms with E-state index in [1.54, 1.807) is 0 Å².